The molecule has 17 heavy (non-hydrogen) atoms. The highest BCUT2D eigenvalue weighted by atomic mass is 16.5. The fourth-order valence-electron chi connectivity index (χ4n) is 2.46. The van der Waals surface area contributed by atoms with Crippen LogP contribution in [0.3, 0.4) is 0 Å². The molecular weight excluding hydrogens is 212 g/mol. The van der Waals surface area contributed by atoms with Crippen LogP contribution < -0.4 is 10.6 Å². The Morgan fingerprint density at radius 2 is 1.88 bits per heavy atom. The van der Waals surface area contributed by atoms with Crippen LogP contribution in [0.5, 0.6) is 0 Å². The van der Waals surface area contributed by atoms with Crippen molar-refractivity contribution in [1.82, 2.24) is 10.6 Å². The molecule has 1 saturated carbocycles. The SMILES string of the molecule is COC1CC(NCCCNC(C)(C)C)C1(C)C. The van der Waals surface area contributed by atoms with E-state index < -0.39 is 0 Å². The lowest BCUT2D eigenvalue weighted by molar-refractivity contribution is -0.0972. The molecular formula is C14H30N2O. The molecule has 0 aliphatic heterocycles. The molecule has 0 radical (unpaired) electrons. The van der Waals surface area contributed by atoms with Crippen molar-refractivity contribution in [3.8, 4) is 0 Å². The quantitative estimate of drug-likeness (QED) is 0.700. The van der Waals surface area contributed by atoms with Crippen LogP contribution in [0.2, 0.25) is 0 Å². The van der Waals surface area contributed by atoms with Crippen LogP contribution in [0.4, 0.5) is 0 Å². The maximum absolute atomic E-state index is 5.45. The Morgan fingerprint density at radius 3 is 2.35 bits per heavy atom. The number of methoxy groups -OCH3 is 1. The lowest BCUT2D eigenvalue weighted by Crippen LogP contribution is -2.60. The van der Waals surface area contributed by atoms with Crippen LogP contribution in [0.25, 0.3) is 0 Å². The van der Waals surface area contributed by atoms with Crippen molar-refractivity contribution in [2.24, 2.45) is 5.41 Å². The van der Waals surface area contributed by atoms with Crippen molar-refractivity contribution in [2.45, 2.75) is 65.1 Å². The zero-order valence-electron chi connectivity index (χ0n) is 12.4. The molecule has 2 unspecified atom stereocenters. The van der Waals surface area contributed by atoms with Crippen LogP contribution in [0.1, 0.15) is 47.5 Å². The minimum absolute atomic E-state index is 0.233. The third-order valence-electron chi connectivity index (χ3n) is 3.86. The van der Waals surface area contributed by atoms with E-state index >= 15 is 0 Å². The molecule has 1 aliphatic rings. The summed E-state index contributed by atoms with van der Waals surface area (Å²) in [6, 6.07) is 0.613. The standard InChI is InChI=1S/C14H30N2O/c1-13(2,3)16-9-7-8-15-11-10-12(17-6)14(11,4)5/h11-12,15-16H,7-10H2,1-6H3. The van der Waals surface area contributed by atoms with Gasteiger partial charge in [0.1, 0.15) is 0 Å². The van der Waals surface area contributed by atoms with Gasteiger partial charge >= 0.3 is 0 Å². The average molecular weight is 242 g/mol. The maximum Gasteiger partial charge on any atom is 0.0652 e. The summed E-state index contributed by atoms with van der Waals surface area (Å²) in [5.74, 6) is 0. The minimum Gasteiger partial charge on any atom is -0.381 e. The Bertz CT molecular complexity index is 233. The largest absolute Gasteiger partial charge is 0.381 e. The first kappa shape index (κ1) is 14.9. The number of hydrogen-bond acceptors (Lipinski definition) is 3. The summed E-state index contributed by atoms with van der Waals surface area (Å²) in [5.41, 5.74) is 0.517. The normalized spacial score (nSPS) is 27.9. The van der Waals surface area contributed by atoms with Gasteiger partial charge in [-0.05, 0) is 46.7 Å². The van der Waals surface area contributed by atoms with Gasteiger partial charge in [0.05, 0.1) is 6.10 Å². The Hall–Kier alpha value is -0.120. The first-order chi connectivity index (χ1) is 7.77. The molecule has 3 nitrogen and oxygen atoms in total. The van der Waals surface area contributed by atoms with Crippen molar-refractivity contribution in [2.75, 3.05) is 20.2 Å². The molecule has 1 rings (SSSR count). The zero-order valence-corrected chi connectivity index (χ0v) is 12.4. The first-order valence-electron chi connectivity index (χ1n) is 6.78. The summed E-state index contributed by atoms with van der Waals surface area (Å²) in [6.45, 7) is 13.4. The van der Waals surface area contributed by atoms with Crippen LogP contribution in [0.15, 0.2) is 0 Å². The van der Waals surface area contributed by atoms with Gasteiger partial charge in [-0.15, -0.1) is 0 Å². The highest BCUT2D eigenvalue weighted by Gasteiger charge is 2.47. The van der Waals surface area contributed by atoms with Crippen molar-refractivity contribution >= 4 is 0 Å². The van der Waals surface area contributed by atoms with Crippen molar-refractivity contribution in [1.29, 1.82) is 0 Å². The van der Waals surface area contributed by atoms with Gasteiger partial charge < -0.3 is 15.4 Å². The number of nitrogens with one attached hydrogen (secondary N) is 2. The summed E-state index contributed by atoms with van der Waals surface area (Å²) in [4.78, 5) is 0. The van der Waals surface area contributed by atoms with Gasteiger partial charge in [-0.25, -0.2) is 0 Å². The zero-order chi connectivity index (χ0) is 13.1. The predicted molar refractivity (Wildman–Crippen MR) is 73.4 cm³/mol. The molecule has 0 amide bonds. The van der Waals surface area contributed by atoms with E-state index in [1.807, 2.05) is 7.11 Å². The van der Waals surface area contributed by atoms with Gasteiger partial charge in [0.2, 0.25) is 0 Å². The molecule has 3 heteroatoms. The molecule has 0 aromatic heterocycles. The second kappa shape index (κ2) is 5.68. The van der Waals surface area contributed by atoms with Gasteiger partial charge in [-0.3, -0.25) is 0 Å². The van der Waals surface area contributed by atoms with Gasteiger partial charge in [0, 0.05) is 24.1 Å². The molecule has 2 N–H and O–H groups in total. The van der Waals surface area contributed by atoms with E-state index in [0.29, 0.717) is 12.1 Å². The molecule has 0 aromatic rings. The molecule has 1 fully saturated rings. The number of rotatable bonds is 6. The molecule has 102 valence electrons. The molecule has 0 spiro atoms. The highest BCUT2D eigenvalue weighted by molar-refractivity contribution is 5.02. The molecule has 0 bridgehead atoms. The third-order valence-corrected chi connectivity index (χ3v) is 3.86. The fraction of sp³-hybridized carbons (Fsp3) is 1.00. The van der Waals surface area contributed by atoms with E-state index in [-0.39, 0.29) is 11.0 Å². The van der Waals surface area contributed by atoms with E-state index in [1.165, 1.54) is 6.42 Å². The van der Waals surface area contributed by atoms with Crippen molar-refractivity contribution < 1.29 is 4.74 Å². The van der Waals surface area contributed by atoms with Crippen LogP contribution in [0, 0.1) is 5.41 Å². The molecule has 1 aliphatic carbocycles. The van der Waals surface area contributed by atoms with Crippen molar-refractivity contribution in [3.05, 3.63) is 0 Å². The summed E-state index contributed by atoms with van der Waals surface area (Å²) in [6.07, 6.45) is 2.75. The van der Waals surface area contributed by atoms with Gasteiger partial charge in [0.25, 0.3) is 0 Å². The number of hydrogen-bond donors (Lipinski definition) is 2. The van der Waals surface area contributed by atoms with E-state index in [2.05, 4.69) is 45.3 Å². The van der Waals surface area contributed by atoms with Crippen LogP contribution >= 0.6 is 0 Å². The van der Waals surface area contributed by atoms with E-state index in [1.54, 1.807) is 0 Å². The Balaban J connectivity index is 2.09. The second-order valence-electron chi connectivity index (χ2n) is 6.82. The Labute approximate surface area is 107 Å². The Morgan fingerprint density at radius 1 is 1.24 bits per heavy atom. The molecule has 0 aromatic carbocycles. The molecule has 2 atom stereocenters. The molecule has 0 heterocycles. The Kier molecular flexibility index (Phi) is 4.99. The fourth-order valence-corrected chi connectivity index (χ4v) is 2.46. The minimum atomic E-state index is 0.233. The van der Waals surface area contributed by atoms with Crippen LogP contribution in [-0.4, -0.2) is 37.9 Å². The molecule has 0 saturated heterocycles. The van der Waals surface area contributed by atoms with E-state index in [9.17, 15) is 0 Å². The first-order valence-corrected chi connectivity index (χ1v) is 6.78. The van der Waals surface area contributed by atoms with Crippen LogP contribution in [-0.2, 0) is 4.74 Å². The second-order valence-corrected chi connectivity index (χ2v) is 6.82. The smallest absolute Gasteiger partial charge is 0.0652 e. The van der Waals surface area contributed by atoms with Crippen molar-refractivity contribution in [3.63, 3.8) is 0 Å². The van der Waals surface area contributed by atoms with Gasteiger partial charge in [-0.2, -0.15) is 0 Å². The predicted octanol–water partition coefficient (Wildman–Crippen LogP) is 2.17. The average Bonchev–Trinajstić information content (AvgIpc) is 2.19. The maximum atomic E-state index is 5.45. The summed E-state index contributed by atoms with van der Waals surface area (Å²) in [5, 5.41) is 7.15. The number of ether oxygens (including phenoxy) is 1. The van der Waals surface area contributed by atoms with Gasteiger partial charge in [-0.1, -0.05) is 13.8 Å². The third kappa shape index (κ3) is 4.23. The lowest BCUT2D eigenvalue weighted by atomic mass is 9.64. The van der Waals surface area contributed by atoms with E-state index in [4.69, 9.17) is 4.74 Å². The highest BCUT2D eigenvalue weighted by Crippen LogP contribution is 2.42. The summed E-state index contributed by atoms with van der Waals surface area (Å²) in [7, 11) is 1.82. The topological polar surface area (TPSA) is 33.3 Å². The monoisotopic (exact) mass is 242 g/mol. The van der Waals surface area contributed by atoms with E-state index in [0.717, 1.165) is 19.5 Å². The summed E-state index contributed by atoms with van der Waals surface area (Å²) < 4.78 is 5.45. The lowest BCUT2D eigenvalue weighted by Gasteiger charge is -2.51. The van der Waals surface area contributed by atoms with Gasteiger partial charge in [0.15, 0.2) is 0 Å². The summed E-state index contributed by atoms with van der Waals surface area (Å²) >= 11 is 0.